The van der Waals surface area contributed by atoms with Crippen LogP contribution in [0.4, 0.5) is 9.18 Å². The van der Waals surface area contributed by atoms with Gasteiger partial charge in [0.15, 0.2) is 11.6 Å². The molecule has 1 atom stereocenters. The van der Waals surface area contributed by atoms with E-state index in [9.17, 15) is 9.18 Å². The van der Waals surface area contributed by atoms with E-state index in [1.807, 2.05) is 63.2 Å². The summed E-state index contributed by atoms with van der Waals surface area (Å²) in [6.45, 7) is 6.28. The van der Waals surface area contributed by atoms with Crippen molar-refractivity contribution in [3.8, 4) is 17.1 Å². The minimum atomic E-state index is -0.520. The summed E-state index contributed by atoms with van der Waals surface area (Å²) in [5.74, 6) is 0.103. The number of allylic oxidation sites excluding steroid dienone is 1. The van der Waals surface area contributed by atoms with E-state index >= 15 is 0 Å². The second kappa shape index (κ2) is 9.89. The second-order valence-electron chi connectivity index (χ2n) is 9.14. The lowest BCUT2D eigenvalue weighted by atomic mass is 9.94. The van der Waals surface area contributed by atoms with Gasteiger partial charge in [-0.25, -0.2) is 9.18 Å². The van der Waals surface area contributed by atoms with Gasteiger partial charge in [0, 0.05) is 11.3 Å². The highest BCUT2D eigenvalue weighted by molar-refractivity contribution is 5.87. The Hall–Kier alpha value is -4.46. The fraction of sp³-hybridized carbons (Fsp3) is 0.207. The van der Waals surface area contributed by atoms with Crippen molar-refractivity contribution in [2.45, 2.75) is 33.4 Å². The van der Waals surface area contributed by atoms with Crippen LogP contribution in [0.2, 0.25) is 0 Å². The Morgan fingerprint density at radius 2 is 1.81 bits per heavy atom. The van der Waals surface area contributed by atoms with E-state index in [1.165, 1.54) is 19.2 Å². The zero-order valence-electron chi connectivity index (χ0n) is 21.1. The Bertz CT molecular complexity index is 1490. The minimum absolute atomic E-state index is 0.132. The molecule has 4 aromatic rings. The third-order valence-electron chi connectivity index (χ3n) is 6.50. The van der Waals surface area contributed by atoms with Crippen LogP contribution in [-0.4, -0.2) is 28.2 Å². The first kappa shape index (κ1) is 24.2. The summed E-state index contributed by atoms with van der Waals surface area (Å²) >= 11 is 0. The van der Waals surface area contributed by atoms with Gasteiger partial charge in [0.1, 0.15) is 0 Å². The molecule has 3 aromatic carbocycles. The number of ether oxygens (including phenoxy) is 1. The molecule has 0 spiro atoms. The number of nitrogens with one attached hydrogen (secondary N) is 1. The van der Waals surface area contributed by atoms with Gasteiger partial charge in [0.05, 0.1) is 25.3 Å². The van der Waals surface area contributed by atoms with Crippen molar-refractivity contribution in [3.63, 3.8) is 0 Å². The van der Waals surface area contributed by atoms with Crippen LogP contribution in [0.1, 0.15) is 41.1 Å². The number of nitrogens with zero attached hydrogens (tertiary/aromatic N) is 3. The highest BCUT2D eigenvalue weighted by atomic mass is 19.1. The largest absolute Gasteiger partial charge is 0.494 e. The van der Waals surface area contributed by atoms with Crippen LogP contribution in [0.15, 0.2) is 77.0 Å². The molecule has 0 bridgehead atoms. The molecule has 0 aliphatic carbocycles. The van der Waals surface area contributed by atoms with Gasteiger partial charge in [-0.2, -0.15) is 4.98 Å². The quantitative estimate of drug-likeness (QED) is 0.342. The molecule has 1 aliphatic heterocycles. The molecule has 0 saturated heterocycles. The number of benzene rings is 3. The van der Waals surface area contributed by atoms with Crippen LogP contribution in [0.3, 0.4) is 0 Å². The molecule has 37 heavy (non-hydrogen) atoms. The first-order chi connectivity index (χ1) is 17.8. The fourth-order valence-electron chi connectivity index (χ4n) is 4.51. The first-order valence-corrected chi connectivity index (χ1v) is 11.9. The average Bonchev–Trinajstić information content (AvgIpc) is 3.36. The molecule has 1 N–H and O–H groups in total. The smallest absolute Gasteiger partial charge is 0.322 e. The molecule has 0 saturated carbocycles. The number of halogens is 1. The third kappa shape index (κ3) is 4.82. The Morgan fingerprint density at radius 1 is 1.03 bits per heavy atom. The zero-order chi connectivity index (χ0) is 26.1. The van der Waals surface area contributed by atoms with Crippen LogP contribution in [0, 0.1) is 19.7 Å². The highest BCUT2D eigenvalue weighted by Gasteiger charge is 2.35. The number of methoxy groups -OCH3 is 1. The van der Waals surface area contributed by atoms with Gasteiger partial charge < -0.3 is 14.6 Å². The molecule has 0 radical (unpaired) electrons. The van der Waals surface area contributed by atoms with Crippen molar-refractivity contribution in [2.75, 3.05) is 7.11 Å². The predicted molar refractivity (Wildman–Crippen MR) is 138 cm³/mol. The van der Waals surface area contributed by atoms with Gasteiger partial charge >= 0.3 is 6.03 Å². The number of carbonyl (C=O) groups is 1. The molecule has 8 heteroatoms. The zero-order valence-corrected chi connectivity index (χ0v) is 21.1. The molecule has 1 aromatic heterocycles. The van der Waals surface area contributed by atoms with Crippen LogP contribution in [-0.2, 0) is 6.54 Å². The molecule has 0 fully saturated rings. The lowest BCUT2D eigenvalue weighted by Gasteiger charge is -2.35. The molecular weight excluding hydrogens is 471 g/mol. The van der Waals surface area contributed by atoms with Crippen molar-refractivity contribution in [1.29, 1.82) is 0 Å². The maximum atomic E-state index is 14.3. The number of carbonyl (C=O) groups excluding carboxylic acids is 1. The van der Waals surface area contributed by atoms with Gasteiger partial charge in [0.2, 0.25) is 5.82 Å². The summed E-state index contributed by atoms with van der Waals surface area (Å²) in [5, 5.41) is 7.23. The fourth-order valence-corrected chi connectivity index (χ4v) is 4.51. The number of rotatable bonds is 6. The predicted octanol–water partition coefficient (Wildman–Crippen LogP) is 6.20. The topological polar surface area (TPSA) is 80.5 Å². The van der Waals surface area contributed by atoms with Crippen molar-refractivity contribution in [2.24, 2.45) is 0 Å². The van der Waals surface area contributed by atoms with Gasteiger partial charge in [-0.3, -0.25) is 4.90 Å². The number of urea groups is 1. The second-order valence-corrected chi connectivity index (χ2v) is 9.14. The third-order valence-corrected chi connectivity index (χ3v) is 6.50. The van der Waals surface area contributed by atoms with Gasteiger partial charge in [-0.1, -0.05) is 64.8 Å². The van der Waals surface area contributed by atoms with E-state index < -0.39 is 11.9 Å². The number of aromatic nitrogens is 2. The standard InChI is InChI=1S/C29H27FN4O3/c1-17-8-10-21(11-9-17)26-25(19(3)34(29(35)31-26)16-20-7-5-6-18(2)14-20)28-32-27(33-37-28)22-12-13-24(36-4)23(30)15-22/h5-15,26H,16H2,1-4H3,(H,31,35). The lowest BCUT2D eigenvalue weighted by molar-refractivity contribution is 0.203. The minimum Gasteiger partial charge on any atom is -0.494 e. The van der Waals surface area contributed by atoms with Crippen LogP contribution in [0.25, 0.3) is 17.0 Å². The highest BCUT2D eigenvalue weighted by Crippen LogP contribution is 2.38. The summed E-state index contributed by atoms with van der Waals surface area (Å²) in [6, 6.07) is 19.7. The Kier molecular flexibility index (Phi) is 6.48. The average molecular weight is 499 g/mol. The number of hydrogen-bond acceptors (Lipinski definition) is 5. The number of hydrogen-bond donors (Lipinski definition) is 1. The van der Waals surface area contributed by atoms with Crippen molar-refractivity contribution >= 4 is 11.6 Å². The summed E-state index contributed by atoms with van der Waals surface area (Å²) in [7, 11) is 1.41. The van der Waals surface area contributed by atoms with Crippen molar-refractivity contribution < 1.29 is 18.4 Å². The summed E-state index contributed by atoms with van der Waals surface area (Å²) < 4.78 is 25.0. The maximum Gasteiger partial charge on any atom is 0.322 e. The molecule has 2 heterocycles. The van der Waals surface area contributed by atoms with Gasteiger partial charge in [-0.15, -0.1) is 0 Å². The molecule has 1 aliphatic rings. The molecular formula is C29H27FN4O3. The Labute approximate surface area is 214 Å². The van der Waals surface area contributed by atoms with E-state index in [2.05, 4.69) is 21.5 Å². The SMILES string of the molecule is COc1ccc(-c2noc(C3=C(C)N(Cc4cccc(C)c4)C(=O)NC3c3ccc(C)cc3)n2)cc1F. The lowest BCUT2D eigenvalue weighted by Crippen LogP contribution is -2.45. The van der Waals surface area contributed by atoms with Crippen LogP contribution < -0.4 is 10.1 Å². The monoisotopic (exact) mass is 498 g/mol. The van der Waals surface area contributed by atoms with Crippen molar-refractivity contribution in [1.82, 2.24) is 20.4 Å². The maximum absolute atomic E-state index is 14.3. The summed E-state index contributed by atoms with van der Waals surface area (Å²) in [4.78, 5) is 19.6. The summed E-state index contributed by atoms with van der Waals surface area (Å²) in [5.41, 5.74) is 5.95. The molecule has 2 amide bonds. The van der Waals surface area contributed by atoms with Crippen molar-refractivity contribution in [3.05, 3.63) is 106 Å². The molecule has 7 nitrogen and oxygen atoms in total. The van der Waals surface area contributed by atoms with Crippen LogP contribution in [0.5, 0.6) is 5.75 Å². The van der Waals surface area contributed by atoms with E-state index in [4.69, 9.17) is 9.26 Å². The number of aryl methyl sites for hydroxylation is 2. The molecule has 1 unspecified atom stereocenters. The van der Waals surface area contributed by atoms with E-state index in [1.54, 1.807) is 11.0 Å². The van der Waals surface area contributed by atoms with Crippen LogP contribution >= 0.6 is 0 Å². The first-order valence-electron chi connectivity index (χ1n) is 11.9. The Balaban J connectivity index is 1.59. The molecule has 188 valence electrons. The van der Waals surface area contributed by atoms with E-state index in [0.717, 1.165) is 22.3 Å². The normalized spacial score (nSPS) is 15.6. The number of amides is 2. The van der Waals surface area contributed by atoms with E-state index in [-0.39, 0.29) is 23.5 Å². The Morgan fingerprint density at radius 3 is 2.51 bits per heavy atom. The van der Waals surface area contributed by atoms with Gasteiger partial charge in [0.25, 0.3) is 5.89 Å². The summed E-state index contributed by atoms with van der Waals surface area (Å²) in [6.07, 6.45) is 0. The molecule has 5 rings (SSSR count). The van der Waals surface area contributed by atoms with E-state index in [0.29, 0.717) is 23.4 Å². The van der Waals surface area contributed by atoms with Gasteiger partial charge in [-0.05, 0) is 50.1 Å².